The smallest absolute Gasteiger partial charge is 0.408 e. The predicted octanol–water partition coefficient (Wildman–Crippen LogP) is 2.47. The first-order valence-corrected chi connectivity index (χ1v) is 5.11. The van der Waals surface area contributed by atoms with Crippen molar-refractivity contribution in [1.82, 2.24) is 5.32 Å². The molecule has 3 heteroatoms. The number of benzene rings is 1. The molecule has 80 valence electrons. The van der Waals surface area contributed by atoms with E-state index in [-0.39, 0.29) is 18.2 Å². The number of hydrogen-bond acceptors (Lipinski definition) is 2. The van der Waals surface area contributed by atoms with E-state index >= 15 is 0 Å². The summed E-state index contributed by atoms with van der Waals surface area (Å²) in [6.07, 6.45) is -0.484. The van der Waals surface area contributed by atoms with Crippen LogP contribution in [0.5, 0.6) is 0 Å². The van der Waals surface area contributed by atoms with E-state index in [1.165, 1.54) is 11.1 Å². The summed E-state index contributed by atoms with van der Waals surface area (Å²) in [4.78, 5) is 11.1. The van der Waals surface area contributed by atoms with Crippen LogP contribution in [-0.4, -0.2) is 12.1 Å². The second-order valence-electron chi connectivity index (χ2n) is 4.18. The second-order valence-corrected chi connectivity index (χ2v) is 4.18. The van der Waals surface area contributed by atoms with Gasteiger partial charge in [0.05, 0.1) is 6.04 Å². The zero-order chi connectivity index (χ0) is 11.0. The quantitative estimate of drug-likeness (QED) is 0.764. The van der Waals surface area contributed by atoms with Crippen molar-refractivity contribution in [3.05, 3.63) is 34.9 Å². The van der Waals surface area contributed by atoms with Crippen molar-refractivity contribution < 1.29 is 9.53 Å². The number of carbonyl (C=O) groups is 1. The summed E-state index contributed by atoms with van der Waals surface area (Å²) in [5.74, 6) is 0. The second kappa shape index (κ2) is 3.57. The number of rotatable bonds is 1. The number of cyclic esters (lactones) is 1. The number of alkyl carbamates (subject to hydrolysis) is 1. The van der Waals surface area contributed by atoms with Crippen LogP contribution in [0, 0.1) is 13.8 Å². The summed E-state index contributed by atoms with van der Waals surface area (Å²) in [7, 11) is 0. The largest absolute Gasteiger partial charge is 0.439 e. The van der Waals surface area contributed by atoms with Gasteiger partial charge in [0.2, 0.25) is 0 Å². The number of hydrogen-bond donors (Lipinski definition) is 1. The molecule has 0 spiro atoms. The van der Waals surface area contributed by atoms with Gasteiger partial charge in [-0.3, -0.25) is 0 Å². The molecule has 0 aliphatic carbocycles. The molecule has 0 saturated carbocycles. The van der Waals surface area contributed by atoms with Crippen LogP contribution in [0.3, 0.4) is 0 Å². The Labute approximate surface area is 89.4 Å². The normalized spacial score (nSPS) is 24.9. The molecule has 1 aliphatic rings. The maximum atomic E-state index is 11.1. The molecule has 0 unspecified atom stereocenters. The summed E-state index contributed by atoms with van der Waals surface area (Å²) in [5, 5.41) is 2.74. The zero-order valence-electron chi connectivity index (χ0n) is 9.20. The average molecular weight is 205 g/mol. The Hall–Kier alpha value is -1.51. The van der Waals surface area contributed by atoms with E-state index in [0.29, 0.717) is 0 Å². The van der Waals surface area contributed by atoms with Gasteiger partial charge in [-0.15, -0.1) is 0 Å². The Morgan fingerprint density at radius 2 is 1.80 bits per heavy atom. The molecule has 1 aliphatic heterocycles. The van der Waals surface area contributed by atoms with Crippen molar-refractivity contribution in [3.63, 3.8) is 0 Å². The van der Waals surface area contributed by atoms with E-state index < -0.39 is 0 Å². The first-order valence-electron chi connectivity index (χ1n) is 5.11. The van der Waals surface area contributed by atoms with E-state index in [0.717, 1.165) is 5.56 Å². The third kappa shape index (κ3) is 1.96. The Morgan fingerprint density at radius 3 is 2.27 bits per heavy atom. The summed E-state index contributed by atoms with van der Waals surface area (Å²) >= 11 is 0. The molecule has 0 aromatic heterocycles. The van der Waals surface area contributed by atoms with Crippen LogP contribution < -0.4 is 5.32 Å². The number of amides is 1. The molecule has 15 heavy (non-hydrogen) atoms. The lowest BCUT2D eigenvalue weighted by Crippen LogP contribution is -2.23. The van der Waals surface area contributed by atoms with Crippen LogP contribution in [0.1, 0.15) is 29.7 Å². The Kier molecular flexibility index (Phi) is 2.39. The first-order chi connectivity index (χ1) is 7.06. The van der Waals surface area contributed by atoms with Gasteiger partial charge in [0, 0.05) is 0 Å². The number of nitrogens with one attached hydrogen (secondary N) is 1. The fraction of sp³-hybridized carbons (Fsp3) is 0.417. The van der Waals surface area contributed by atoms with Gasteiger partial charge in [-0.2, -0.15) is 0 Å². The summed E-state index contributed by atoms with van der Waals surface area (Å²) in [6.45, 7) is 6.05. The molecular formula is C12H15NO2. The van der Waals surface area contributed by atoms with Crippen LogP contribution >= 0.6 is 0 Å². The lowest BCUT2D eigenvalue weighted by Gasteiger charge is -2.14. The van der Waals surface area contributed by atoms with E-state index in [1.54, 1.807) is 0 Å². The highest BCUT2D eigenvalue weighted by Crippen LogP contribution is 2.27. The fourth-order valence-corrected chi connectivity index (χ4v) is 2.04. The molecule has 2 rings (SSSR count). The highest BCUT2D eigenvalue weighted by molar-refractivity contribution is 5.70. The van der Waals surface area contributed by atoms with Crippen molar-refractivity contribution in [2.24, 2.45) is 0 Å². The topological polar surface area (TPSA) is 38.3 Å². The highest BCUT2D eigenvalue weighted by Gasteiger charge is 2.31. The molecule has 1 aromatic rings. The molecule has 1 heterocycles. The minimum absolute atomic E-state index is 0.0405. The van der Waals surface area contributed by atoms with Gasteiger partial charge in [0.15, 0.2) is 0 Å². The van der Waals surface area contributed by atoms with E-state index in [1.807, 2.05) is 20.8 Å². The van der Waals surface area contributed by atoms with E-state index in [9.17, 15) is 4.79 Å². The third-order valence-electron chi connectivity index (χ3n) is 2.61. The molecule has 1 aromatic carbocycles. The molecule has 1 saturated heterocycles. The van der Waals surface area contributed by atoms with Gasteiger partial charge < -0.3 is 10.1 Å². The Balaban J connectivity index is 2.33. The molecule has 2 atom stereocenters. The number of carbonyl (C=O) groups excluding carboxylic acids is 1. The Bertz CT molecular complexity index is 380. The molecule has 1 fully saturated rings. The Morgan fingerprint density at radius 1 is 1.20 bits per heavy atom. The summed E-state index contributed by atoms with van der Waals surface area (Å²) in [6, 6.07) is 6.28. The van der Waals surface area contributed by atoms with Crippen LogP contribution in [0.15, 0.2) is 18.2 Å². The van der Waals surface area contributed by atoms with Gasteiger partial charge in [0.1, 0.15) is 6.10 Å². The van der Waals surface area contributed by atoms with Gasteiger partial charge in [-0.1, -0.05) is 29.3 Å². The molecule has 1 amide bonds. The molecule has 1 N–H and O–H groups in total. The summed E-state index contributed by atoms with van der Waals surface area (Å²) < 4.78 is 5.22. The van der Waals surface area contributed by atoms with E-state index in [2.05, 4.69) is 23.5 Å². The van der Waals surface area contributed by atoms with E-state index in [4.69, 9.17) is 4.74 Å². The van der Waals surface area contributed by atoms with Crippen molar-refractivity contribution in [1.29, 1.82) is 0 Å². The monoisotopic (exact) mass is 205 g/mol. The fourth-order valence-electron chi connectivity index (χ4n) is 2.04. The van der Waals surface area contributed by atoms with Crippen molar-refractivity contribution in [2.75, 3.05) is 0 Å². The minimum Gasteiger partial charge on any atom is -0.439 e. The average Bonchev–Trinajstić information content (AvgIpc) is 2.43. The van der Waals surface area contributed by atoms with Crippen LogP contribution in [0.2, 0.25) is 0 Å². The maximum absolute atomic E-state index is 11.1. The minimum atomic E-state index is -0.327. The third-order valence-corrected chi connectivity index (χ3v) is 2.61. The standard InChI is InChI=1S/C12H15NO2/c1-7-4-8(2)6-10(5-7)11-9(3)13-12(14)15-11/h4-6,9,11H,1-3H3,(H,13,14)/t9-,11-/m0/s1. The predicted molar refractivity (Wildman–Crippen MR) is 57.7 cm³/mol. The van der Waals surface area contributed by atoms with Gasteiger partial charge >= 0.3 is 6.09 Å². The zero-order valence-corrected chi connectivity index (χ0v) is 9.20. The van der Waals surface area contributed by atoms with Gasteiger partial charge in [0.25, 0.3) is 0 Å². The lowest BCUT2D eigenvalue weighted by molar-refractivity contribution is 0.134. The number of ether oxygens (including phenoxy) is 1. The van der Waals surface area contributed by atoms with Gasteiger partial charge in [-0.25, -0.2) is 4.79 Å². The summed E-state index contributed by atoms with van der Waals surface area (Å²) in [5.41, 5.74) is 3.46. The van der Waals surface area contributed by atoms with Crippen LogP contribution in [0.4, 0.5) is 4.79 Å². The van der Waals surface area contributed by atoms with Crippen molar-refractivity contribution in [2.45, 2.75) is 32.9 Å². The van der Waals surface area contributed by atoms with Gasteiger partial charge in [-0.05, 0) is 26.3 Å². The van der Waals surface area contributed by atoms with Crippen molar-refractivity contribution >= 4 is 6.09 Å². The molecular weight excluding hydrogens is 190 g/mol. The first kappa shape index (κ1) is 10.0. The number of aryl methyl sites for hydroxylation is 2. The van der Waals surface area contributed by atoms with Crippen LogP contribution in [0.25, 0.3) is 0 Å². The molecule has 0 radical (unpaired) electrons. The SMILES string of the molecule is Cc1cc(C)cc([C@H]2OC(=O)N[C@H]2C)c1. The lowest BCUT2D eigenvalue weighted by atomic mass is 10.00. The maximum Gasteiger partial charge on any atom is 0.408 e. The molecule has 0 bridgehead atoms. The highest BCUT2D eigenvalue weighted by atomic mass is 16.6. The van der Waals surface area contributed by atoms with Crippen LogP contribution in [-0.2, 0) is 4.74 Å². The van der Waals surface area contributed by atoms with Crippen molar-refractivity contribution in [3.8, 4) is 0 Å². The molecule has 3 nitrogen and oxygen atoms in total.